The summed E-state index contributed by atoms with van der Waals surface area (Å²) in [4.78, 5) is 13.0. The summed E-state index contributed by atoms with van der Waals surface area (Å²) < 4.78 is 68.6. The lowest BCUT2D eigenvalue weighted by Gasteiger charge is -2.31. The number of carbonyl (C=O) groups is 1. The topological polar surface area (TPSA) is 29.5 Å². The van der Waals surface area contributed by atoms with Gasteiger partial charge in [-0.3, -0.25) is 9.69 Å². The van der Waals surface area contributed by atoms with Crippen molar-refractivity contribution < 1.29 is 31.5 Å². The van der Waals surface area contributed by atoms with E-state index in [1.54, 1.807) is 0 Å². The molecule has 0 atom stereocenters. The first-order valence-electron chi connectivity index (χ1n) is 8.12. The average molecular weight is 365 g/mol. The number of hydrogen-bond donors (Lipinski definition) is 0. The Kier molecular flexibility index (Phi) is 6.75. The van der Waals surface area contributed by atoms with Gasteiger partial charge in [-0.25, -0.2) is 8.78 Å². The highest BCUT2D eigenvalue weighted by Crippen LogP contribution is 2.23. The maximum absolute atomic E-state index is 13.5. The molecule has 1 fully saturated rings. The molecule has 0 unspecified atom stereocenters. The Morgan fingerprint density at radius 2 is 1.88 bits per heavy atom. The van der Waals surface area contributed by atoms with Crippen molar-refractivity contribution in [2.24, 2.45) is 5.92 Å². The van der Waals surface area contributed by atoms with Crippen molar-refractivity contribution in [1.29, 1.82) is 0 Å². The van der Waals surface area contributed by atoms with Crippen LogP contribution in [0.3, 0.4) is 0 Å². The molecule has 1 aliphatic rings. The van der Waals surface area contributed by atoms with Gasteiger partial charge in [-0.2, -0.15) is 13.2 Å². The highest BCUT2D eigenvalue weighted by Gasteiger charge is 2.32. The van der Waals surface area contributed by atoms with Gasteiger partial charge in [-0.1, -0.05) is 12.1 Å². The molecule has 25 heavy (non-hydrogen) atoms. The van der Waals surface area contributed by atoms with Crippen molar-refractivity contribution in [3.8, 4) is 0 Å². The van der Waals surface area contributed by atoms with Gasteiger partial charge >= 0.3 is 12.1 Å². The Morgan fingerprint density at radius 1 is 1.20 bits per heavy atom. The van der Waals surface area contributed by atoms with Gasteiger partial charge in [0.25, 0.3) is 0 Å². The minimum atomic E-state index is -4.20. The summed E-state index contributed by atoms with van der Waals surface area (Å²) in [6.07, 6.45) is -3.19. The van der Waals surface area contributed by atoms with Crippen LogP contribution in [0.2, 0.25) is 0 Å². The predicted octanol–water partition coefficient (Wildman–Crippen LogP) is 3.71. The first-order valence-corrected chi connectivity index (χ1v) is 8.12. The lowest BCUT2D eigenvalue weighted by atomic mass is 9.98. The van der Waals surface area contributed by atoms with Gasteiger partial charge in [0.2, 0.25) is 0 Å². The Bertz CT molecular complexity index is 583. The van der Waals surface area contributed by atoms with Crippen LogP contribution in [0.15, 0.2) is 18.2 Å². The molecule has 3 nitrogen and oxygen atoms in total. The summed E-state index contributed by atoms with van der Waals surface area (Å²) in [6.45, 7) is -0.143. The number of carbonyl (C=O) groups excluding carboxylic acids is 1. The molecular weight excluding hydrogens is 345 g/mol. The third-order valence-corrected chi connectivity index (χ3v) is 4.22. The zero-order valence-electron chi connectivity index (χ0n) is 13.6. The number of benzene rings is 1. The van der Waals surface area contributed by atoms with E-state index in [0.717, 1.165) is 6.07 Å². The fraction of sp³-hybridized carbons (Fsp3) is 0.588. The lowest BCUT2D eigenvalue weighted by Crippen LogP contribution is -2.40. The van der Waals surface area contributed by atoms with Crippen LogP contribution in [0.5, 0.6) is 0 Å². The van der Waals surface area contributed by atoms with Gasteiger partial charge < -0.3 is 4.74 Å². The number of aryl methyl sites for hydroxylation is 1. The van der Waals surface area contributed by atoms with Crippen LogP contribution in [-0.4, -0.2) is 43.3 Å². The molecule has 140 valence electrons. The highest BCUT2D eigenvalue weighted by molar-refractivity contribution is 5.69. The maximum Gasteiger partial charge on any atom is 0.401 e. The summed E-state index contributed by atoms with van der Waals surface area (Å²) >= 11 is 0. The van der Waals surface area contributed by atoms with E-state index in [1.165, 1.54) is 17.0 Å². The summed E-state index contributed by atoms with van der Waals surface area (Å²) in [5.41, 5.74) is 0.109. The first kappa shape index (κ1) is 19.6. The van der Waals surface area contributed by atoms with Crippen LogP contribution in [-0.2, 0) is 16.0 Å². The average Bonchev–Trinajstić information content (AvgIpc) is 2.54. The molecule has 1 heterocycles. The van der Waals surface area contributed by atoms with Crippen molar-refractivity contribution >= 4 is 5.97 Å². The largest absolute Gasteiger partial charge is 0.465 e. The minimum absolute atomic E-state index is 0.0272. The quantitative estimate of drug-likeness (QED) is 0.569. The molecule has 0 spiro atoms. The molecule has 2 rings (SSSR count). The molecule has 1 saturated heterocycles. The van der Waals surface area contributed by atoms with Gasteiger partial charge in [0.15, 0.2) is 11.6 Å². The smallest absolute Gasteiger partial charge is 0.401 e. The van der Waals surface area contributed by atoms with E-state index in [9.17, 15) is 26.7 Å². The summed E-state index contributed by atoms with van der Waals surface area (Å²) in [5.74, 6) is -2.43. The van der Waals surface area contributed by atoms with Crippen LogP contribution in [0.4, 0.5) is 22.0 Å². The van der Waals surface area contributed by atoms with E-state index in [2.05, 4.69) is 0 Å². The summed E-state index contributed by atoms with van der Waals surface area (Å²) in [5, 5.41) is 0. The molecule has 1 aromatic carbocycles. The number of ether oxygens (including phenoxy) is 1. The van der Waals surface area contributed by atoms with Crippen molar-refractivity contribution in [3.05, 3.63) is 35.4 Å². The number of hydrogen-bond acceptors (Lipinski definition) is 3. The van der Waals surface area contributed by atoms with Crippen LogP contribution >= 0.6 is 0 Å². The van der Waals surface area contributed by atoms with E-state index in [0.29, 0.717) is 25.9 Å². The van der Waals surface area contributed by atoms with E-state index in [4.69, 9.17) is 4.74 Å². The molecule has 1 aromatic rings. The van der Waals surface area contributed by atoms with Gasteiger partial charge in [-0.05, 0) is 49.9 Å². The van der Waals surface area contributed by atoms with Crippen molar-refractivity contribution in [2.75, 3.05) is 26.2 Å². The number of esters is 1. The molecule has 1 aliphatic heterocycles. The molecule has 0 radical (unpaired) electrons. The second-order valence-corrected chi connectivity index (χ2v) is 6.23. The third-order valence-electron chi connectivity index (χ3n) is 4.22. The normalized spacial score (nSPS) is 16.8. The fourth-order valence-corrected chi connectivity index (χ4v) is 2.83. The van der Waals surface area contributed by atoms with E-state index in [1.807, 2.05) is 0 Å². The van der Waals surface area contributed by atoms with Gasteiger partial charge in [0, 0.05) is 6.42 Å². The Hall–Kier alpha value is -1.70. The van der Waals surface area contributed by atoms with Crippen molar-refractivity contribution in [2.45, 2.75) is 31.9 Å². The number of alkyl halides is 3. The number of likely N-dealkylation sites (tertiary alicyclic amines) is 1. The summed E-state index contributed by atoms with van der Waals surface area (Å²) in [6, 6.07) is 3.78. The monoisotopic (exact) mass is 365 g/mol. The Morgan fingerprint density at radius 3 is 2.52 bits per heavy atom. The minimum Gasteiger partial charge on any atom is -0.465 e. The molecule has 8 heteroatoms. The number of nitrogens with zero attached hydrogens (tertiary/aromatic N) is 1. The lowest BCUT2D eigenvalue weighted by molar-refractivity contribution is -0.150. The van der Waals surface area contributed by atoms with Crippen molar-refractivity contribution in [3.63, 3.8) is 0 Å². The molecule has 0 saturated carbocycles. The number of piperidine rings is 1. The van der Waals surface area contributed by atoms with Crippen LogP contribution in [0.25, 0.3) is 0 Å². The SMILES string of the molecule is O=C(CCc1cccc(F)c1F)OCC1CCN(CC(F)(F)F)CC1. The fourth-order valence-electron chi connectivity index (χ4n) is 2.83. The maximum atomic E-state index is 13.5. The first-order chi connectivity index (χ1) is 11.7. The van der Waals surface area contributed by atoms with E-state index in [-0.39, 0.29) is 30.9 Å². The molecule has 0 aliphatic carbocycles. The number of halogens is 5. The van der Waals surface area contributed by atoms with Gasteiger partial charge in [0.1, 0.15) is 0 Å². The number of rotatable bonds is 6. The zero-order chi connectivity index (χ0) is 18.4. The molecule has 0 bridgehead atoms. The third kappa shape index (κ3) is 6.61. The van der Waals surface area contributed by atoms with Crippen LogP contribution < -0.4 is 0 Å². The standard InChI is InChI=1S/C17H20F5NO2/c18-14-3-1-2-13(16(14)19)4-5-15(24)25-10-12-6-8-23(9-7-12)11-17(20,21)22/h1-3,12H,4-11H2. The van der Waals surface area contributed by atoms with Gasteiger partial charge in [-0.15, -0.1) is 0 Å². The summed E-state index contributed by atoms with van der Waals surface area (Å²) in [7, 11) is 0. The zero-order valence-corrected chi connectivity index (χ0v) is 13.6. The highest BCUT2D eigenvalue weighted by atomic mass is 19.4. The molecule has 0 amide bonds. The Balaban J connectivity index is 1.67. The van der Waals surface area contributed by atoms with Gasteiger partial charge in [0.05, 0.1) is 13.2 Å². The van der Waals surface area contributed by atoms with E-state index >= 15 is 0 Å². The molecule has 0 aromatic heterocycles. The molecule has 0 N–H and O–H groups in total. The Labute approximate surface area is 142 Å². The van der Waals surface area contributed by atoms with Crippen LogP contribution in [0.1, 0.15) is 24.8 Å². The second kappa shape index (κ2) is 8.60. The van der Waals surface area contributed by atoms with Crippen LogP contribution in [0, 0.1) is 17.6 Å². The van der Waals surface area contributed by atoms with E-state index < -0.39 is 30.3 Å². The predicted molar refractivity (Wildman–Crippen MR) is 80.9 cm³/mol. The second-order valence-electron chi connectivity index (χ2n) is 6.23. The van der Waals surface area contributed by atoms with Crippen molar-refractivity contribution in [1.82, 2.24) is 4.90 Å². The molecular formula is C17H20F5NO2.